The molecule has 3 aromatic rings. The van der Waals surface area contributed by atoms with Crippen LogP contribution >= 0.6 is 0 Å². The molecule has 0 fully saturated rings. The number of benzene rings is 3. The van der Waals surface area contributed by atoms with Gasteiger partial charge in [0, 0.05) is 5.56 Å². The molecule has 0 aliphatic heterocycles. The normalized spacial score (nSPS) is 11.1. The first kappa shape index (κ1) is 20.4. The summed E-state index contributed by atoms with van der Waals surface area (Å²) >= 11 is 0. The van der Waals surface area contributed by atoms with E-state index in [0.717, 1.165) is 9.87 Å². The van der Waals surface area contributed by atoms with Crippen LogP contribution in [0.1, 0.15) is 5.56 Å². The van der Waals surface area contributed by atoms with Gasteiger partial charge in [0.1, 0.15) is 12.3 Å². The number of carbonyl (C=O) groups is 1. The van der Waals surface area contributed by atoms with Crippen molar-refractivity contribution in [3.63, 3.8) is 0 Å². The van der Waals surface area contributed by atoms with Crippen molar-refractivity contribution in [1.82, 2.24) is 0 Å². The number of aryl methyl sites for hydroxylation is 1. The number of methoxy groups -OCH3 is 1. The SMILES string of the molecule is COc1ccc(S(=O)(=O)N(CC(=O)O)c2ccccc2-c2ccccc2)cc1C. The molecule has 0 heterocycles. The number of aliphatic carboxylic acids is 1. The van der Waals surface area contributed by atoms with Gasteiger partial charge in [-0.05, 0) is 42.3 Å². The minimum absolute atomic E-state index is 0.0000789. The topological polar surface area (TPSA) is 83.9 Å². The van der Waals surface area contributed by atoms with Gasteiger partial charge in [-0.3, -0.25) is 9.10 Å². The molecule has 7 heteroatoms. The van der Waals surface area contributed by atoms with Crippen LogP contribution in [0.4, 0.5) is 5.69 Å². The van der Waals surface area contributed by atoms with Crippen LogP contribution in [0.15, 0.2) is 77.7 Å². The lowest BCUT2D eigenvalue weighted by molar-refractivity contribution is -0.135. The number of para-hydroxylation sites is 1. The predicted molar refractivity (Wildman–Crippen MR) is 112 cm³/mol. The lowest BCUT2D eigenvalue weighted by atomic mass is 10.0. The molecule has 0 aromatic heterocycles. The van der Waals surface area contributed by atoms with Crippen LogP contribution in [-0.4, -0.2) is 33.1 Å². The Bertz CT molecular complexity index is 1130. The fourth-order valence-electron chi connectivity index (χ4n) is 3.11. The Hall–Kier alpha value is -3.32. The third kappa shape index (κ3) is 4.25. The molecular formula is C22H21NO5S. The Balaban J connectivity index is 2.18. The number of anilines is 1. The summed E-state index contributed by atoms with van der Waals surface area (Å²) in [4.78, 5) is 11.6. The lowest BCUT2D eigenvalue weighted by Crippen LogP contribution is -2.36. The largest absolute Gasteiger partial charge is 0.496 e. The summed E-state index contributed by atoms with van der Waals surface area (Å²) < 4.78 is 33.0. The molecule has 0 saturated carbocycles. The van der Waals surface area contributed by atoms with Crippen molar-refractivity contribution in [2.45, 2.75) is 11.8 Å². The van der Waals surface area contributed by atoms with E-state index in [9.17, 15) is 18.3 Å². The van der Waals surface area contributed by atoms with Crippen LogP contribution in [-0.2, 0) is 14.8 Å². The minimum atomic E-state index is -4.13. The van der Waals surface area contributed by atoms with Crippen molar-refractivity contribution in [2.75, 3.05) is 18.0 Å². The maximum Gasteiger partial charge on any atom is 0.324 e. The summed E-state index contributed by atoms with van der Waals surface area (Å²) in [7, 11) is -2.63. The second-order valence-electron chi connectivity index (χ2n) is 6.42. The Kier molecular flexibility index (Phi) is 5.89. The van der Waals surface area contributed by atoms with E-state index in [4.69, 9.17) is 4.74 Å². The van der Waals surface area contributed by atoms with E-state index in [-0.39, 0.29) is 4.90 Å². The number of hydrogen-bond donors (Lipinski definition) is 1. The third-order valence-corrected chi connectivity index (χ3v) is 6.25. The van der Waals surface area contributed by atoms with Gasteiger partial charge < -0.3 is 9.84 Å². The summed E-state index contributed by atoms with van der Waals surface area (Å²) in [6, 6.07) is 20.6. The first-order chi connectivity index (χ1) is 13.8. The van der Waals surface area contributed by atoms with Crippen molar-refractivity contribution >= 4 is 21.7 Å². The number of nitrogens with zero attached hydrogens (tertiary/aromatic N) is 1. The van der Waals surface area contributed by atoms with Crippen LogP contribution in [0.5, 0.6) is 5.75 Å². The molecule has 0 bridgehead atoms. The zero-order valence-corrected chi connectivity index (χ0v) is 16.9. The van der Waals surface area contributed by atoms with E-state index in [1.54, 1.807) is 37.3 Å². The summed E-state index contributed by atoms with van der Waals surface area (Å²) in [6.45, 7) is 1.04. The fraction of sp³-hybridized carbons (Fsp3) is 0.136. The molecule has 0 saturated heterocycles. The van der Waals surface area contributed by atoms with Crippen LogP contribution < -0.4 is 9.04 Å². The average Bonchev–Trinajstić information content (AvgIpc) is 2.72. The molecule has 0 unspecified atom stereocenters. The second-order valence-corrected chi connectivity index (χ2v) is 8.28. The smallest absolute Gasteiger partial charge is 0.324 e. The van der Waals surface area contributed by atoms with Gasteiger partial charge in [-0.25, -0.2) is 8.42 Å². The van der Waals surface area contributed by atoms with Gasteiger partial charge >= 0.3 is 5.97 Å². The van der Waals surface area contributed by atoms with E-state index in [2.05, 4.69) is 0 Å². The molecule has 0 radical (unpaired) electrons. The van der Waals surface area contributed by atoms with Crippen molar-refractivity contribution in [3.8, 4) is 16.9 Å². The summed E-state index contributed by atoms with van der Waals surface area (Å²) in [5.74, 6) is -0.694. The van der Waals surface area contributed by atoms with Gasteiger partial charge in [-0.1, -0.05) is 48.5 Å². The number of sulfonamides is 1. The van der Waals surface area contributed by atoms with Gasteiger partial charge in [0.2, 0.25) is 0 Å². The Morgan fingerprint density at radius 3 is 2.28 bits per heavy atom. The molecule has 6 nitrogen and oxygen atoms in total. The summed E-state index contributed by atoms with van der Waals surface area (Å²) in [6.07, 6.45) is 0. The monoisotopic (exact) mass is 411 g/mol. The molecule has 0 aliphatic rings. The van der Waals surface area contributed by atoms with Gasteiger partial charge in [0.15, 0.2) is 0 Å². The standard InChI is InChI=1S/C22H21NO5S/c1-16-14-18(12-13-21(16)28-2)29(26,27)23(15-22(24)25)20-11-7-6-10-19(20)17-8-4-3-5-9-17/h3-14H,15H2,1-2H3,(H,24,25). The van der Waals surface area contributed by atoms with Gasteiger partial charge in [0.25, 0.3) is 10.0 Å². The van der Waals surface area contributed by atoms with E-state index in [1.165, 1.54) is 19.2 Å². The molecule has 1 N–H and O–H groups in total. The number of hydrogen-bond acceptors (Lipinski definition) is 4. The number of ether oxygens (including phenoxy) is 1. The number of carboxylic acid groups (broad SMARTS) is 1. The Morgan fingerprint density at radius 1 is 1.00 bits per heavy atom. The molecule has 3 aromatic carbocycles. The van der Waals surface area contributed by atoms with E-state index in [0.29, 0.717) is 22.6 Å². The number of carboxylic acids is 1. The molecule has 29 heavy (non-hydrogen) atoms. The maximum absolute atomic E-state index is 13.4. The Labute approximate surface area is 170 Å². The quantitative estimate of drug-likeness (QED) is 0.636. The van der Waals surface area contributed by atoms with Gasteiger partial charge in [-0.2, -0.15) is 0 Å². The van der Waals surface area contributed by atoms with Crippen molar-refractivity contribution in [3.05, 3.63) is 78.4 Å². The van der Waals surface area contributed by atoms with Gasteiger partial charge in [-0.15, -0.1) is 0 Å². The second kappa shape index (κ2) is 8.36. The molecule has 0 spiro atoms. The van der Waals surface area contributed by atoms with Crippen LogP contribution in [0, 0.1) is 6.92 Å². The van der Waals surface area contributed by atoms with E-state index < -0.39 is 22.5 Å². The Morgan fingerprint density at radius 2 is 1.66 bits per heavy atom. The van der Waals surface area contributed by atoms with Crippen molar-refractivity contribution in [2.24, 2.45) is 0 Å². The van der Waals surface area contributed by atoms with E-state index >= 15 is 0 Å². The van der Waals surface area contributed by atoms with Gasteiger partial charge in [0.05, 0.1) is 17.7 Å². The van der Waals surface area contributed by atoms with Crippen LogP contribution in [0.2, 0.25) is 0 Å². The highest BCUT2D eigenvalue weighted by Crippen LogP contribution is 2.34. The molecule has 0 amide bonds. The minimum Gasteiger partial charge on any atom is -0.496 e. The molecule has 0 atom stereocenters. The van der Waals surface area contributed by atoms with Crippen molar-refractivity contribution < 1.29 is 23.1 Å². The van der Waals surface area contributed by atoms with Crippen molar-refractivity contribution in [1.29, 1.82) is 0 Å². The zero-order valence-electron chi connectivity index (χ0n) is 16.1. The van der Waals surface area contributed by atoms with E-state index in [1.807, 2.05) is 30.3 Å². The van der Waals surface area contributed by atoms with Crippen LogP contribution in [0.25, 0.3) is 11.1 Å². The average molecular weight is 411 g/mol. The fourth-order valence-corrected chi connectivity index (χ4v) is 4.63. The molecule has 0 aliphatic carbocycles. The maximum atomic E-state index is 13.4. The highest BCUT2D eigenvalue weighted by Gasteiger charge is 2.29. The summed E-state index contributed by atoms with van der Waals surface area (Å²) in [5.41, 5.74) is 2.36. The molecule has 150 valence electrons. The summed E-state index contributed by atoms with van der Waals surface area (Å²) in [5, 5.41) is 9.43. The molecular weight excluding hydrogens is 390 g/mol. The molecule has 3 rings (SSSR count). The first-order valence-corrected chi connectivity index (χ1v) is 10.3. The van der Waals surface area contributed by atoms with Crippen LogP contribution in [0.3, 0.4) is 0 Å². The lowest BCUT2D eigenvalue weighted by Gasteiger charge is -2.25. The highest BCUT2D eigenvalue weighted by atomic mass is 32.2. The third-order valence-electron chi connectivity index (χ3n) is 4.49. The predicted octanol–water partition coefficient (Wildman–Crippen LogP) is 3.95. The highest BCUT2D eigenvalue weighted by molar-refractivity contribution is 7.92. The zero-order chi connectivity index (χ0) is 21.0. The first-order valence-electron chi connectivity index (χ1n) is 8.88. The number of rotatable bonds is 7.